The second-order valence-electron chi connectivity index (χ2n) is 4.26. The zero-order valence-corrected chi connectivity index (χ0v) is 13.3. The van der Waals surface area contributed by atoms with E-state index >= 15 is 0 Å². The number of aromatic nitrogens is 1. The topological polar surface area (TPSA) is 34.1 Å². The summed E-state index contributed by atoms with van der Waals surface area (Å²) in [5.74, 6) is -0.147. The molecule has 1 aromatic heterocycles. The lowest BCUT2D eigenvalue weighted by Gasteiger charge is -2.16. The minimum atomic E-state index is -0.376. The van der Waals surface area contributed by atoms with Crippen molar-refractivity contribution >= 4 is 33.2 Å². The van der Waals surface area contributed by atoms with Crippen LogP contribution in [0.3, 0.4) is 0 Å². The molecule has 106 valence electrons. The normalized spacial score (nSPS) is 12.1. The smallest absolute Gasteiger partial charge is 0.165 e. The van der Waals surface area contributed by atoms with E-state index in [1.807, 2.05) is 13.0 Å². The van der Waals surface area contributed by atoms with Crippen LogP contribution in [0.1, 0.15) is 18.5 Å². The van der Waals surface area contributed by atoms with E-state index in [0.29, 0.717) is 9.63 Å². The van der Waals surface area contributed by atoms with Crippen molar-refractivity contribution in [3.8, 4) is 5.75 Å². The van der Waals surface area contributed by atoms with Gasteiger partial charge in [-0.15, -0.1) is 0 Å². The summed E-state index contributed by atoms with van der Waals surface area (Å²) in [4.78, 5) is 4.04. The third-order valence-electron chi connectivity index (χ3n) is 2.85. The number of nitrogens with one attached hydrogen (secondary N) is 1. The average Bonchev–Trinajstić information content (AvgIpc) is 2.43. The fourth-order valence-electron chi connectivity index (χ4n) is 1.78. The summed E-state index contributed by atoms with van der Waals surface area (Å²) in [5.41, 5.74) is 1.73. The van der Waals surface area contributed by atoms with E-state index in [1.165, 1.54) is 13.2 Å². The highest BCUT2D eigenvalue weighted by Gasteiger charge is 2.10. The predicted molar refractivity (Wildman–Crippen MR) is 81.9 cm³/mol. The molecule has 1 N–H and O–H groups in total. The molecule has 0 aliphatic heterocycles. The highest BCUT2D eigenvalue weighted by Crippen LogP contribution is 2.27. The highest BCUT2D eigenvalue weighted by molar-refractivity contribution is 9.10. The summed E-state index contributed by atoms with van der Waals surface area (Å²) < 4.78 is 19.1. The SMILES string of the molecule is COc1cc(C(C)Nc2cnc(Cl)c(Br)c2)ccc1F. The van der Waals surface area contributed by atoms with Crippen LogP contribution in [0, 0.1) is 5.82 Å². The van der Waals surface area contributed by atoms with E-state index < -0.39 is 0 Å². The zero-order chi connectivity index (χ0) is 14.7. The van der Waals surface area contributed by atoms with Crippen LogP contribution in [0.4, 0.5) is 10.1 Å². The van der Waals surface area contributed by atoms with Gasteiger partial charge in [-0.2, -0.15) is 0 Å². The Morgan fingerprint density at radius 3 is 2.80 bits per heavy atom. The predicted octanol–water partition coefficient (Wildman–Crippen LogP) is 4.82. The quantitative estimate of drug-likeness (QED) is 0.795. The average molecular weight is 360 g/mol. The number of hydrogen-bond donors (Lipinski definition) is 1. The standard InChI is InChI=1S/C14H13BrClFN2O/c1-8(9-3-4-12(17)13(5-9)20-2)19-10-6-11(15)14(16)18-7-10/h3-8,19H,1-2H3. The number of benzene rings is 1. The minimum absolute atomic E-state index is 0.0284. The Morgan fingerprint density at radius 2 is 2.15 bits per heavy atom. The van der Waals surface area contributed by atoms with Crippen molar-refractivity contribution in [2.75, 3.05) is 12.4 Å². The maximum Gasteiger partial charge on any atom is 0.165 e. The fraction of sp³-hybridized carbons (Fsp3) is 0.214. The maximum atomic E-state index is 13.4. The van der Waals surface area contributed by atoms with E-state index in [1.54, 1.807) is 18.3 Å². The van der Waals surface area contributed by atoms with Crippen molar-refractivity contribution in [3.63, 3.8) is 0 Å². The molecule has 0 aliphatic carbocycles. The minimum Gasteiger partial charge on any atom is -0.494 e. The van der Waals surface area contributed by atoms with E-state index in [2.05, 4.69) is 26.2 Å². The van der Waals surface area contributed by atoms with Gasteiger partial charge in [0.1, 0.15) is 5.15 Å². The van der Waals surface area contributed by atoms with Gasteiger partial charge in [0.05, 0.1) is 23.5 Å². The zero-order valence-electron chi connectivity index (χ0n) is 11.0. The number of nitrogens with zero attached hydrogens (tertiary/aromatic N) is 1. The summed E-state index contributed by atoms with van der Waals surface area (Å²) in [6.45, 7) is 1.97. The van der Waals surface area contributed by atoms with Gasteiger partial charge < -0.3 is 10.1 Å². The summed E-state index contributed by atoms with van der Waals surface area (Å²) in [5, 5.41) is 3.68. The molecule has 2 rings (SSSR count). The molecule has 20 heavy (non-hydrogen) atoms. The lowest BCUT2D eigenvalue weighted by Crippen LogP contribution is -2.07. The van der Waals surface area contributed by atoms with Crippen LogP contribution in [-0.4, -0.2) is 12.1 Å². The van der Waals surface area contributed by atoms with E-state index in [9.17, 15) is 4.39 Å². The molecule has 0 fully saturated rings. The van der Waals surface area contributed by atoms with Crippen LogP contribution >= 0.6 is 27.5 Å². The molecule has 0 radical (unpaired) electrons. The van der Waals surface area contributed by atoms with Gasteiger partial charge in [0, 0.05) is 6.04 Å². The lowest BCUT2D eigenvalue weighted by atomic mass is 10.1. The summed E-state index contributed by atoms with van der Waals surface area (Å²) in [6.07, 6.45) is 1.64. The molecule has 1 unspecified atom stereocenters. The van der Waals surface area contributed by atoms with Gasteiger partial charge in [0.15, 0.2) is 11.6 Å². The van der Waals surface area contributed by atoms with E-state index in [-0.39, 0.29) is 17.6 Å². The van der Waals surface area contributed by atoms with Crippen molar-refractivity contribution in [3.05, 3.63) is 51.5 Å². The van der Waals surface area contributed by atoms with Gasteiger partial charge in [0.25, 0.3) is 0 Å². The fourth-order valence-corrected chi connectivity index (χ4v) is 2.23. The van der Waals surface area contributed by atoms with Gasteiger partial charge >= 0.3 is 0 Å². The lowest BCUT2D eigenvalue weighted by molar-refractivity contribution is 0.385. The Balaban J connectivity index is 2.19. The number of ether oxygens (including phenoxy) is 1. The number of halogens is 3. The first-order valence-corrected chi connectivity index (χ1v) is 7.09. The number of anilines is 1. The second-order valence-corrected chi connectivity index (χ2v) is 5.47. The Morgan fingerprint density at radius 1 is 1.40 bits per heavy atom. The van der Waals surface area contributed by atoms with Crippen LogP contribution in [-0.2, 0) is 0 Å². The Hall–Kier alpha value is -1.33. The third-order valence-corrected chi connectivity index (χ3v) is 3.99. The largest absolute Gasteiger partial charge is 0.494 e. The van der Waals surface area contributed by atoms with E-state index in [4.69, 9.17) is 16.3 Å². The number of hydrogen-bond acceptors (Lipinski definition) is 3. The molecule has 0 saturated carbocycles. The molecule has 0 aliphatic rings. The van der Waals surface area contributed by atoms with Crippen molar-refractivity contribution in [2.24, 2.45) is 0 Å². The van der Waals surface area contributed by atoms with E-state index in [0.717, 1.165) is 11.3 Å². The molecule has 1 heterocycles. The Kier molecular flexibility index (Phi) is 4.83. The number of pyridine rings is 1. The van der Waals surface area contributed by atoms with Gasteiger partial charge in [-0.25, -0.2) is 9.37 Å². The van der Waals surface area contributed by atoms with Gasteiger partial charge in [-0.3, -0.25) is 0 Å². The van der Waals surface area contributed by atoms with Crippen molar-refractivity contribution in [1.29, 1.82) is 0 Å². The molecule has 0 bridgehead atoms. The monoisotopic (exact) mass is 358 g/mol. The molecule has 2 aromatic rings. The van der Waals surface area contributed by atoms with Crippen molar-refractivity contribution in [2.45, 2.75) is 13.0 Å². The molecule has 1 atom stereocenters. The van der Waals surface area contributed by atoms with Crippen LogP contribution in [0.25, 0.3) is 0 Å². The van der Waals surface area contributed by atoms with Crippen LogP contribution in [0.15, 0.2) is 34.9 Å². The molecule has 1 aromatic carbocycles. The number of methoxy groups -OCH3 is 1. The molecule has 6 heteroatoms. The molecule has 3 nitrogen and oxygen atoms in total. The maximum absolute atomic E-state index is 13.4. The summed E-state index contributed by atoms with van der Waals surface area (Å²) in [6, 6.07) is 6.59. The molecule has 0 spiro atoms. The second kappa shape index (κ2) is 6.41. The van der Waals surface area contributed by atoms with Crippen LogP contribution in [0.2, 0.25) is 5.15 Å². The van der Waals surface area contributed by atoms with Gasteiger partial charge in [-0.05, 0) is 46.6 Å². The first-order valence-electron chi connectivity index (χ1n) is 5.92. The molecular formula is C14H13BrClFN2O. The third kappa shape index (κ3) is 3.41. The first kappa shape index (κ1) is 15.1. The Labute approximate surface area is 130 Å². The van der Waals surface area contributed by atoms with Crippen molar-refractivity contribution in [1.82, 2.24) is 4.98 Å². The van der Waals surface area contributed by atoms with Gasteiger partial charge in [0.2, 0.25) is 0 Å². The first-order chi connectivity index (χ1) is 9.51. The summed E-state index contributed by atoms with van der Waals surface area (Å²) >= 11 is 9.17. The summed E-state index contributed by atoms with van der Waals surface area (Å²) in [7, 11) is 1.44. The molecule has 0 amide bonds. The molecular weight excluding hydrogens is 347 g/mol. The molecule has 0 saturated heterocycles. The van der Waals surface area contributed by atoms with Crippen molar-refractivity contribution < 1.29 is 9.13 Å². The number of rotatable bonds is 4. The Bertz CT molecular complexity index is 624. The van der Waals surface area contributed by atoms with Gasteiger partial charge in [-0.1, -0.05) is 17.7 Å². The van der Waals surface area contributed by atoms with Crippen LogP contribution in [0.5, 0.6) is 5.75 Å². The highest BCUT2D eigenvalue weighted by atomic mass is 79.9. The van der Waals surface area contributed by atoms with Crippen LogP contribution < -0.4 is 10.1 Å².